The van der Waals surface area contributed by atoms with Crippen molar-refractivity contribution >= 4 is 11.6 Å². The topological polar surface area (TPSA) is 59.1 Å². The molecule has 0 aromatic carbocycles. The minimum atomic E-state index is 0.666. The zero-order chi connectivity index (χ0) is 12.0. The first-order valence-electron chi connectivity index (χ1n) is 5.51. The molecule has 0 spiro atoms. The summed E-state index contributed by atoms with van der Waals surface area (Å²) in [6.45, 7) is 8.22. The van der Waals surface area contributed by atoms with Crippen LogP contribution in [0, 0.1) is 13.8 Å². The summed E-state index contributed by atoms with van der Waals surface area (Å²) >= 11 is 0. The minimum Gasteiger partial charge on any atom is -0.383 e. The highest BCUT2D eigenvalue weighted by Gasteiger charge is 2.07. The molecule has 1 rings (SSSR count). The molecule has 1 heterocycles. The number of anilines is 2. The van der Waals surface area contributed by atoms with Crippen LogP contribution in [0.25, 0.3) is 0 Å². The molecule has 0 saturated carbocycles. The summed E-state index contributed by atoms with van der Waals surface area (Å²) in [6, 6.07) is 0. The SMILES string of the molecule is CCNc1nc(C)nc(NCCOC)c1C. The van der Waals surface area contributed by atoms with E-state index in [2.05, 4.69) is 27.5 Å². The maximum atomic E-state index is 4.99. The Morgan fingerprint density at radius 3 is 2.31 bits per heavy atom. The Morgan fingerprint density at radius 1 is 1.12 bits per heavy atom. The molecule has 0 aliphatic carbocycles. The third-order valence-electron chi connectivity index (χ3n) is 2.20. The standard InChI is InChI=1S/C11H20N4O/c1-5-12-10-8(2)11(13-6-7-16-4)15-9(3)14-10/h5-7H2,1-4H3,(H2,12,13,14,15). The summed E-state index contributed by atoms with van der Waals surface area (Å²) in [5.74, 6) is 2.54. The first-order valence-corrected chi connectivity index (χ1v) is 5.51. The van der Waals surface area contributed by atoms with Crippen molar-refractivity contribution in [3.63, 3.8) is 0 Å². The van der Waals surface area contributed by atoms with Crippen LogP contribution in [0.3, 0.4) is 0 Å². The van der Waals surface area contributed by atoms with E-state index in [1.165, 1.54) is 0 Å². The van der Waals surface area contributed by atoms with Gasteiger partial charge < -0.3 is 15.4 Å². The lowest BCUT2D eigenvalue weighted by Crippen LogP contribution is -2.13. The van der Waals surface area contributed by atoms with Crippen molar-refractivity contribution in [2.45, 2.75) is 20.8 Å². The molecule has 0 fully saturated rings. The van der Waals surface area contributed by atoms with Crippen molar-refractivity contribution in [1.29, 1.82) is 0 Å². The molecule has 0 saturated heterocycles. The van der Waals surface area contributed by atoms with E-state index >= 15 is 0 Å². The molecule has 0 aliphatic heterocycles. The van der Waals surface area contributed by atoms with Crippen LogP contribution in [0.2, 0.25) is 0 Å². The molecule has 0 radical (unpaired) electrons. The number of nitrogens with zero attached hydrogens (tertiary/aromatic N) is 2. The largest absolute Gasteiger partial charge is 0.383 e. The second kappa shape index (κ2) is 6.27. The number of aryl methyl sites for hydroxylation is 1. The third kappa shape index (κ3) is 3.34. The second-order valence-electron chi connectivity index (χ2n) is 3.54. The number of aromatic nitrogens is 2. The Hall–Kier alpha value is -1.36. The van der Waals surface area contributed by atoms with E-state index in [0.29, 0.717) is 6.61 Å². The summed E-state index contributed by atoms with van der Waals surface area (Å²) in [5.41, 5.74) is 1.04. The smallest absolute Gasteiger partial charge is 0.134 e. The summed E-state index contributed by atoms with van der Waals surface area (Å²) in [5, 5.41) is 6.46. The Balaban J connectivity index is 2.81. The average molecular weight is 224 g/mol. The van der Waals surface area contributed by atoms with Crippen molar-refractivity contribution < 1.29 is 4.74 Å². The van der Waals surface area contributed by atoms with E-state index in [1.807, 2.05) is 13.8 Å². The molecule has 1 aromatic heterocycles. The van der Waals surface area contributed by atoms with Crippen LogP contribution >= 0.6 is 0 Å². The van der Waals surface area contributed by atoms with Gasteiger partial charge in [-0.25, -0.2) is 9.97 Å². The molecule has 90 valence electrons. The molecule has 16 heavy (non-hydrogen) atoms. The molecule has 0 atom stereocenters. The van der Waals surface area contributed by atoms with E-state index in [0.717, 1.165) is 36.1 Å². The maximum Gasteiger partial charge on any atom is 0.134 e. The number of rotatable bonds is 6. The van der Waals surface area contributed by atoms with Gasteiger partial charge in [-0.2, -0.15) is 0 Å². The highest BCUT2D eigenvalue weighted by molar-refractivity contribution is 5.57. The van der Waals surface area contributed by atoms with E-state index in [-0.39, 0.29) is 0 Å². The Labute approximate surface area is 96.6 Å². The Morgan fingerprint density at radius 2 is 1.75 bits per heavy atom. The van der Waals surface area contributed by atoms with Crippen molar-refractivity contribution in [3.8, 4) is 0 Å². The third-order valence-corrected chi connectivity index (χ3v) is 2.20. The van der Waals surface area contributed by atoms with Gasteiger partial charge in [0.25, 0.3) is 0 Å². The predicted molar refractivity (Wildman–Crippen MR) is 66.0 cm³/mol. The molecule has 0 amide bonds. The van der Waals surface area contributed by atoms with Crippen LogP contribution in [0.1, 0.15) is 18.3 Å². The van der Waals surface area contributed by atoms with Gasteiger partial charge in [-0.3, -0.25) is 0 Å². The van der Waals surface area contributed by atoms with Crippen LogP contribution in [0.5, 0.6) is 0 Å². The van der Waals surface area contributed by atoms with Crippen LogP contribution < -0.4 is 10.6 Å². The van der Waals surface area contributed by atoms with E-state index < -0.39 is 0 Å². The molecule has 0 bridgehead atoms. The van der Waals surface area contributed by atoms with Crippen molar-refractivity contribution in [3.05, 3.63) is 11.4 Å². The van der Waals surface area contributed by atoms with Crippen molar-refractivity contribution in [1.82, 2.24) is 9.97 Å². The van der Waals surface area contributed by atoms with Gasteiger partial charge in [0, 0.05) is 25.8 Å². The summed E-state index contributed by atoms with van der Waals surface area (Å²) < 4.78 is 4.99. The summed E-state index contributed by atoms with van der Waals surface area (Å²) in [4.78, 5) is 8.73. The number of hydrogen-bond acceptors (Lipinski definition) is 5. The molecule has 1 aromatic rings. The second-order valence-corrected chi connectivity index (χ2v) is 3.54. The first-order chi connectivity index (χ1) is 7.69. The molecular formula is C11H20N4O. The zero-order valence-corrected chi connectivity index (χ0v) is 10.4. The van der Waals surface area contributed by atoms with Gasteiger partial charge in [-0.15, -0.1) is 0 Å². The highest BCUT2D eigenvalue weighted by atomic mass is 16.5. The molecule has 0 aliphatic rings. The monoisotopic (exact) mass is 224 g/mol. The molecule has 0 unspecified atom stereocenters. The summed E-state index contributed by atoms with van der Waals surface area (Å²) in [7, 11) is 1.68. The van der Waals surface area contributed by atoms with Gasteiger partial charge in [0.05, 0.1) is 6.61 Å². The average Bonchev–Trinajstić information content (AvgIpc) is 2.25. The number of nitrogens with one attached hydrogen (secondary N) is 2. The fraction of sp³-hybridized carbons (Fsp3) is 0.636. The molecular weight excluding hydrogens is 204 g/mol. The van der Waals surface area contributed by atoms with Gasteiger partial charge in [0.15, 0.2) is 0 Å². The van der Waals surface area contributed by atoms with Crippen LogP contribution in [-0.2, 0) is 4.74 Å². The van der Waals surface area contributed by atoms with Crippen LogP contribution in [0.4, 0.5) is 11.6 Å². The fourth-order valence-corrected chi connectivity index (χ4v) is 1.41. The van der Waals surface area contributed by atoms with E-state index in [9.17, 15) is 0 Å². The van der Waals surface area contributed by atoms with Gasteiger partial charge in [-0.1, -0.05) is 0 Å². The number of hydrogen-bond donors (Lipinski definition) is 2. The van der Waals surface area contributed by atoms with Crippen LogP contribution in [0.15, 0.2) is 0 Å². The lowest BCUT2D eigenvalue weighted by atomic mass is 10.3. The number of methoxy groups -OCH3 is 1. The predicted octanol–water partition coefficient (Wildman–Crippen LogP) is 1.58. The Kier molecular flexibility index (Phi) is 4.98. The Bertz CT molecular complexity index is 341. The molecule has 5 nitrogen and oxygen atoms in total. The quantitative estimate of drug-likeness (QED) is 0.718. The van der Waals surface area contributed by atoms with Gasteiger partial charge in [-0.05, 0) is 20.8 Å². The minimum absolute atomic E-state index is 0.666. The van der Waals surface area contributed by atoms with Crippen molar-refractivity contribution in [2.24, 2.45) is 0 Å². The van der Waals surface area contributed by atoms with Crippen molar-refractivity contribution in [2.75, 3.05) is 37.4 Å². The van der Waals surface area contributed by atoms with Gasteiger partial charge >= 0.3 is 0 Å². The lowest BCUT2D eigenvalue weighted by Gasteiger charge is -2.13. The number of ether oxygens (including phenoxy) is 1. The summed E-state index contributed by atoms with van der Waals surface area (Å²) in [6.07, 6.45) is 0. The fourth-order valence-electron chi connectivity index (χ4n) is 1.41. The van der Waals surface area contributed by atoms with E-state index in [1.54, 1.807) is 7.11 Å². The normalized spacial score (nSPS) is 10.2. The zero-order valence-electron chi connectivity index (χ0n) is 10.4. The maximum absolute atomic E-state index is 4.99. The van der Waals surface area contributed by atoms with Crippen LogP contribution in [-0.4, -0.2) is 36.8 Å². The molecule has 5 heteroatoms. The lowest BCUT2D eigenvalue weighted by molar-refractivity contribution is 0.210. The highest BCUT2D eigenvalue weighted by Crippen LogP contribution is 2.19. The van der Waals surface area contributed by atoms with Gasteiger partial charge in [0.1, 0.15) is 17.5 Å². The van der Waals surface area contributed by atoms with E-state index in [4.69, 9.17) is 4.74 Å². The van der Waals surface area contributed by atoms with Gasteiger partial charge in [0.2, 0.25) is 0 Å². The first kappa shape index (κ1) is 12.7. The molecule has 2 N–H and O–H groups in total.